The Morgan fingerprint density at radius 2 is 2.15 bits per heavy atom. The van der Waals surface area contributed by atoms with E-state index in [2.05, 4.69) is 43.5 Å². The van der Waals surface area contributed by atoms with Gasteiger partial charge in [0.05, 0.1) is 0 Å². The monoisotopic (exact) mass is 281 g/mol. The Hall–Kier alpha value is -1.36. The Morgan fingerprint density at radius 1 is 1.45 bits per heavy atom. The SMILES string of the molecule is CCCNC(C)C(C)(C)CNC(=O)c1cc(CC)on1. The van der Waals surface area contributed by atoms with Crippen LogP contribution in [0.4, 0.5) is 0 Å². The second kappa shape index (κ2) is 7.43. The standard InChI is InChI=1S/C15H27N3O2/c1-6-8-16-11(3)15(4,5)10-17-14(19)13-9-12(7-2)20-18-13/h9,11,16H,6-8,10H2,1-5H3,(H,17,19). The van der Waals surface area contributed by atoms with Gasteiger partial charge in [-0.15, -0.1) is 0 Å². The van der Waals surface area contributed by atoms with Crippen molar-refractivity contribution in [2.75, 3.05) is 13.1 Å². The summed E-state index contributed by atoms with van der Waals surface area (Å²) in [6, 6.07) is 2.02. The van der Waals surface area contributed by atoms with Crippen molar-refractivity contribution < 1.29 is 9.32 Å². The fraction of sp³-hybridized carbons (Fsp3) is 0.733. The lowest BCUT2D eigenvalue weighted by molar-refractivity contribution is 0.0919. The number of hydrogen-bond donors (Lipinski definition) is 2. The highest BCUT2D eigenvalue weighted by Gasteiger charge is 2.26. The largest absolute Gasteiger partial charge is 0.361 e. The maximum absolute atomic E-state index is 12.0. The first-order chi connectivity index (χ1) is 9.40. The van der Waals surface area contributed by atoms with Gasteiger partial charge in [0.1, 0.15) is 5.76 Å². The van der Waals surface area contributed by atoms with Crippen molar-refractivity contribution in [2.45, 2.75) is 53.5 Å². The van der Waals surface area contributed by atoms with Gasteiger partial charge in [0.25, 0.3) is 5.91 Å². The molecule has 1 atom stereocenters. The molecule has 0 radical (unpaired) electrons. The van der Waals surface area contributed by atoms with Crippen LogP contribution in [-0.2, 0) is 6.42 Å². The molecule has 1 aromatic rings. The molecule has 0 aliphatic rings. The Kier molecular flexibility index (Phi) is 6.20. The molecule has 5 heteroatoms. The molecule has 20 heavy (non-hydrogen) atoms. The maximum atomic E-state index is 12.0. The van der Waals surface area contributed by atoms with Crippen LogP contribution >= 0.6 is 0 Å². The van der Waals surface area contributed by atoms with Crippen molar-refractivity contribution in [3.8, 4) is 0 Å². The van der Waals surface area contributed by atoms with Crippen LogP contribution < -0.4 is 10.6 Å². The van der Waals surface area contributed by atoms with Gasteiger partial charge in [0.2, 0.25) is 0 Å². The summed E-state index contributed by atoms with van der Waals surface area (Å²) in [5, 5.41) is 10.2. The van der Waals surface area contributed by atoms with Crippen LogP contribution in [0, 0.1) is 5.41 Å². The lowest BCUT2D eigenvalue weighted by Gasteiger charge is -2.32. The number of amides is 1. The molecule has 1 heterocycles. The second-order valence-corrected chi connectivity index (χ2v) is 5.88. The van der Waals surface area contributed by atoms with Gasteiger partial charge in [-0.1, -0.05) is 32.9 Å². The summed E-state index contributed by atoms with van der Waals surface area (Å²) in [4.78, 5) is 12.0. The molecule has 0 aliphatic carbocycles. The minimum atomic E-state index is -0.177. The van der Waals surface area contributed by atoms with Crippen molar-refractivity contribution in [1.82, 2.24) is 15.8 Å². The number of nitrogens with one attached hydrogen (secondary N) is 2. The summed E-state index contributed by atoms with van der Waals surface area (Å²) in [5.74, 6) is 0.552. The zero-order valence-electron chi connectivity index (χ0n) is 13.2. The highest BCUT2D eigenvalue weighted by molar-refractivity contribution is 5.92. The summed E-state index contributed by atoms with van der Waals surface area (Å²) in [6.07, 6.45) is 1.84. The first-order valence-electron chi connectivity index (χ1n) is 7.37. The van der Waals surface area contributed by atoms with E-state index in [1.165, 1.54) is 0 Å². The average molecular weight is 281 g/mol. The third-order valence-corrected chi connectivity index (χ3v) is 3.72. The van der Waals surface area contributed by atoms with Gasteiger partial charge in [-0.05, 0) is 25.3 Å². The molecule has 1 aromatic heterocycles. The number of nitrogens with zero attached hydrogens (tertiary/aromatic N) is 1. The van der Waals surface area contributed by atoms with Crippen molar-refractivity contribution >= 4 is 5.91 Å². The van der Waals surface area contributed by atoms with E-state index in [0.717, 1.165) is 25.1 Å². The number of carbonyl (C=O) groups excluding carboxylic acids is 1. The number of aromatic nitrogens is 1. The molecule has 1 unspecified atom stereocenters. The van der Waals surface area contributed by atoms with E-state index in [9.17, 15) is 4.79 Å². The van der Waals surface area contributed by atoms with Crippen molar-refractivity contribution in [3.63, 3.8) is 0 Å². The van der Waals surface area contributed by atoms with Gasteiger partial charge in [-0.2, -0.15) is 0 Å². The minimum Gasteiger partial charge on any atom is -0.361 e. The van der Waals surface area contributed by atoms with Gasteiger partial charge >= 0.3 is 0 Å². The van der Waals surface area contributed by atoms with E-state index in [1.807, 2.05) is 6.92 Å². The lowest BCUT2D eigenvalue weighted by atomic mass is 9.85. The number of hydrogen-bond acceptors (Lipinski definition) is 4. The van der Waals surface area contributed by atoms with Crippen LogP contribution in [-0.4, -0.2) is 30.2 Å². The molecule has 0 aromatic carbocycles. The molecular formula is C15H27N3O2. The molecule has 0 fully saturated rings. The third-order valence-electron chi connectivity index (χ3n) is 3.72. The zero-order chi connectivity index (χ0) is 15.2. The van der Waals surface area contributed by atoms with E-state index in [1.54, 1.807) is 6.07 Å². The Morgan fingerprint density at radius 3 is 2.70 bits per heavy atom. The summed E-state index contributed by atoms with van der Waals surface area (Å²) in [5.41, 5.74) is 0.328. The number of carbonyl (C=O) groups is 1. The van der Waals surface area contributed by atoms with E-state index in [4.69, 9.17) is 4.52 Å². The van der Waals surface area contributed by atoms with Gasteiger partial charge in [-0.3, -0.25) is 4.79 Å². The molecule has 114 valence electrons. The Bertz CT molecular complexity index is 427. The van der Waals surface area contributed by atoms with Crippen molar-refractivity contribution in [3.05, 3.63) is 17.5 Å². The summed E-state index contributed by atoms with van der Waals surface area (Å²) in [7, 11) is 0. The molecule has 0 bridgehead atoms. The molecule has 5 nitrogen and oxygen atoms in total. The zero-order valence-corrected chi connectivity index (χ0v) is 13.2. The molecule has 0 spiro atoms. The Balaban J connectivity index is 2.50. The van der Waals surface area contributed by atoms with Crippen LogP contribution in [0.25, 0.3) is 0 Å². The first-order valence-corrected chi connectivity index (χ1v) is 7.37. The van der Waals surface area contributed by atoms with Crippen LogP contribution in [0.3, 0.4) is 0 Å². The molecule has 2 N–H and O–H groups in total. The van der Waals surface area contributed by atoms with Crippen LogP contribution in [0.15, 0.2) is 10.6 Å². The molecule has 0 saturated carbocycles. The van der Waals surface area contributed by atoms with Gasteiger partial charge in [0.15, 0.2) is 5.69 Å². The van der Waals surface area contributed by atoms with E-state index < -0.39 is 0 Å². The van der Waals surface area contributed by atoms with Gasteiger partial charge < -0.3 is 15.2 Å². The van der Waals surface area contributed by atoms with E-state index >= 15 is 0 Å². The fourth-order valence-corrected chi connectivity index (χ4v) is 1.78. The van der Waals surface area contributed by atoms with Crippen molar-refractivity contribution in [2.24, 2.45) is 5.41 Å². The maximum Gasteiger partial charge on any atom is 0.273 e. The topological polar surface area (TPSA) is 67.2 Å². The predicted octanol–water partition coefficient (Wildman–Crippen LogP) is 2.38. The molecular weight excluding hydrogens is 254 g/mol. The smallest absolute Gasteiger partial charge is 0.273 e. The Labute approximate surface area is 121 Å². The van der Waals surface area contributed by atoms with Gasteiger partial charge in [0, 0.05) is 25.1 Å². The summed E-state index contributed by atoms with van der Waals surface area (Å²) < 4.78 is 5.04. The van der Waals surface area contributed by atoms with E-state index in [0.29, 0.717) is 18.3 Å². The lowest BCUT2D eigenvalue weighted by Crippen LogP contribution is -2.46. The molecule has 0 aliphatic heterocycles. The number of rotatable bonds is 8. The quantitative estimate of drug-likeness (QED) is 0.767. The summed E-state index contributed by atoms with van der Waals surface area (Å²) >= 11 is 0. The first kappa shape index (κ1) is 16.7. The fourth-order valence-electron chi connectivity index (χ4n) is 1.78. The average Bonchev–Trinajstić information content (AvgIpc) is 2.91. The van der Waals surface area contributed by atoms with Crippen LogP contribution in [0.2, 0.25) is 0 Å². The molecule has 1 rings (SSSR count). The second-order valence-electron chi connectivity index (χ2n) is 5.88. The normalized spacial score (nSPS) is 13.2. The molecule has 1 amide bonds. The highest BCUT2D eigenvalue weighted by Crippen LogP contribution is 2.19. The molecule has 0 saturated heterocycles. The van der Waals surface area contributed by atoms with Crippen LogP contribution in [0.1, 0.15) is 57.3 Å². The highest BCUT2D eigenvalue weighted by atomic mass is 16.5. The van der Waals surface area contributed by atoms with Crippen molar-refractivity contribution in [1.29, 1.82) is 0 Å². The summed E-state index contributed by atoms with van der Waals surface area (Å²) in [6.45, 7) is 12.1. The van der Waals surface area contributed by atoms with Gasteiger partial charge in [-0.25, -0.2) is 0 Å². The third kappa shape index (κ3) is 4.63. The van der Waals surface area contributed by atoms with E-state index in [-0.39, 0.29) is 11.3 Å². The number of aryl methyl sites for hydroxylation is 1. The van der Waals surface area contributed by atoms with Crippen LogP contribution in [0.5, 0.6) is 0 Å². The minimum absolute atomic E-state index is 0.0256. The predicted molar refractivity (Wildman–Crippen MR) is 79.8 cm³/mol.